The highest BCUT2D eigenvalue weighted by Gasteiger charge is 2.26. The van der Waals surface area contributed by atoms with Crippen LogP contribution in [0.3, 0.4) is 0 Å². The lowest BCUT2D eigenvalue weighted by atomic mass is 10.0. The van der Waals surface area contributed by atoms with Crippen molar-refractivity contribution in [2.24, 2.45) is 0 Å². The van der Waals surface area contributed by atoms with Crippen molar-refractivity contribution < 1.29 is 42.8 Å². The predicted molar refractivity (Wildman–Crippen MR) is 281 cm³/mol. The van der Waals surface area contributed by atoms with Crippen molar-refractivity contribution in [2.45, 2.75) is 72.8 Å². The molecule has 0 unspecified atom stereocenters. The highest BCUT2D eigenvalue weighted by molar-refractivity contribution is 7.15. The van der Waals surface area contributed by atoms with Gasteiger partial charge in [0.15, 0.2) is 10.9 Å². The minimum atomic E-state index is -0.287. The number of Topliss-reactive ketones (excluding diaryl/α,β-unsaturated/α-hetero) is 1. The first kappa shape index (κ1) is 54.8. The number of pyridine rings is 2. The molecule has 1 aliphatic heterocycles. The van der Waals surface area contributed by atoms with Gasteiger partial charge in [0.1, 0.15) is 11.5 Å². The fraction of sp³-hybridized carbons (Fsp3) is 0.538. The molecule has 2 amide bonds. The molecule has 0 atom stereocenters. The third kappa shape index (κ3) is 15.5. The van der Waals surface area contributed by atoms with Gasteiger partial charge in [-0.15, -0.1) is 11.3 Å². The second-order valence-corrected chi connectivity index (χ2v) is 19.1. The molecule has 394 valence electrons. The molecular formula is C52H70N10O10S. The maximum atomic E-state index is 13.6. The first-order valence-electron chi connectivity index (χ1n) is 25.2. The highest BCUT2D eigenvalue weighted by atomic mass is 32.1. The van der Waals surface area contributed by atoms with Crippen molar-refractivity contribution >= 4 is 68.2 Å². The minimum Gasteiger partial charge on any atom is -0.382 e. The van der Waals surface area contributed by atoms with Crippen LogP contribution >= 0.6 is 11.3 Å². The van der Waals surface area contributed by atoms with E-state index in [0.29, 0.717) is 157 Å². The van der Waals surface area contributed by atoms with Gasteiger partial charge in [-0.2, -0.15) is 4.98 Å². The fourth-order valence-corrected chi connectivity index (χ4v) is 9.63. The Bertz CT molecular complexity index is 2650. The average molecular weight is 1030 g/mol. The number of benzene rings is 1. The number of thiazole rings is 1. The number of nitrogens with zero attached hydrogens (tertiary/aromatic N) is 7. The topological polar surface area (TPSA) is 223 Å². The lowest BCUT2D eigenvalue weighted by molar-refractivity contribution is -0.132. The van der Waals surface area contributed by atoms with Crippen molar-refractivity contribution in [3.8, 4) is 0 Å². The van der Waals surface area contributed by atoms with Gasteiger partial charge in [-0.25, -0.2) is 15.0 Å². The summed E-state index contributed by atoms with van der Waals surface area (Å²) in [5, 5.41) is 10.7. The molecule has 2 aliphatic rings. The summed E-state index contributed by atoms with van der Waals surface area (Å²) >= 11 is 1.47. The number of carbonyl (C=O) groups is 3. The summed E-state index contributed by atoms with van der Waals surface area (Å²) in [4.78, 5) is 75.2. The lowest BCUT2D eigenvalue weighted by Crippen LogP contribution is -2.49. The number of carbonyl (C=O) groups excluding carboxylic acids is 3. The second-order valence-electron chi connectivity index (χ2n) is 17.9. The van der Waals surface area contributed by atoms with E-state index in [0.717, 1.165) is 53.2 Å². The number of piperazine rings is 1. The van der Waals surface area contributed by atoms with Gasteiger partial charge in [-0.1, -0.05) is 18.9 Å². The lowest BCUT2D eigenvalue weighted by Gasteiger charge is -2.36. The number of fused-ring (bicyclic) bond motifs is 1. The van der Waals surface area contributed by atoms with E-state index >= 15 is 0 Å². The van der Waals surface area contributed by atoms with Crippen LogP contribution in [0.2, 0.25) is 0 Å². The molecule has 7 rings (SSSR count). The van der Waals surface area contributed by atoms with E-state index in [4.69, 9.17) is 33.4 Å². The number of hydrogen-bond donors (Lipinski definition) is 3. The number of anilines is 5. The third-order valence-corrected chi connectivity index (χ3v) is 13.9. The quantitative estimate of drug-likeness (QED) is 0.0346. The predicted octanol–water partition coefficient (Wildman–Crippen LogP) is 6.44. The maximum Gasteiger partial charge on any atom is 0.263 e. The summed E-state index contributed by atoms with van der Waals surface area (Å²) < 4.78 is 35.4. The van der Waals surface area contributed by atoms with Crippen molar-refractivity contribution in [1.29, 1.82) is 0 Å². The van der Waals surface area contributed by atoms with E-state index in [1.165, 1.54) is 18.3 Å². The molecular weight excluding hydrogens is 957 g/mol. The van der Waals surface area contributed by atoms with E-state index in [1.54, 1.807) is 23.9 Å². The zero-order valence-electron chi connectivity index (χ0n) is 42.8. The molecule has 21 heteroatoms. The zero-order chi connectivity index (χ0) is 51.5. The molecule has 5 aromatic rings. The number of amides is 2. The first-order valence-corrected chi connectivity index (χ1v) is 26.0. The Labute approximate surface area is 430 Å². The summed E-state index contributed by atoms with van der Waals surface area (Å²) in [6.07, 6.45) is 7.57. The Hall–Kier alpha value is -5.94. The number of ether oxygens (including phenoxy) is 6. The molecule has 4 aromatic heterocycles. The summed E-state index contributed by atoms with van der Waals surface area (Å²) in [6.45, 7) is 17.5. The van der Waals surface area contributed by atoms with Gasteiger partial charge >= 0.3 is 0 Å². The molecule has 73 heavy (non-hydrogen) atoms. The molecule has 3 N–H and O–H groups in total. The van der Waals surface area contributed by atoms with Gasteiger partial charge in [-0.3, -0.25) is 29.1 Å². The summed E-state index contributed by atoms with van der Waals surface area (Å²) in [7, 11) is 0. The molecule has 1 saturated heterocycles. The number of hydrogen-bond acceptors (Lipinski definition) is 18. The Morgan fingerprint density at radius 1 is 0.726 bits per heavy atom. The van der Waals surface area contributed by atoms with Gasteiger partial charge in [0, 0.05) is 66.5 Å². The molecule has 5 heterocycles. The molecule has 0 spiro atoms. The normalized spacial score (nSPS) is 14.0. The number of aromatic nitrogens is 5. The van der Waals surface area contributed by atoms with Crippen LogP contribution in [0.5, 0.6) is 0 Å². The van der Waals surface area contributed by atoms with E-state index in [9.17, 15) is 19.2 Å². The van der Waals surface area contributed by atoms with E-state index < -0.39 is 0 Å². The minimum absolute atomic E-state index is 0.00449. The van der Waals surface area contributed by atoms with Crippen LogP contribution in [0, 0.1) is 27.7 Å². The highest BCUT2D eigenvalue weighted by Crippen LogP contribution is 2.32. The maximum absolute atomic E-state index is 13.6. The van der Waals surface area contributed by atoms with Crippen LogP contribution in [0.1, 0.15) is 87.5 Å². The Morgan fingerprint density at radius 2 is 1.36 bits per heavy atom. The third-order valence-electron chi connectivity index (χ3n) is 12.9. The van der Waals surface area contributed by atoms with Crippen LogP contribution in [-0.4, -0.2) is 159 Å². The van der Waals surface area contributed by atoms with Crippen LogP contribution in [0.25, 0.3) is 11.0 Å². The monoisotopic (exact) mass is 1030 g/mol. The molecule has 1 saturated carbocycles. The number of aryl methyl sites for hydroxylation is 3. The summed E-state index contributed by atoms with van der Waals surface area (Å²) in [5.41, 5.74) is 5.25. The SMILES string of the molecule is CC(=O)c1c(C)c2cnc(Nc3ccc(N4CCN(C(=O)CCOCCOCCOCCOCCOCCOCCNc5cccc(C(=O)Nc6nc(C)c(C)s6)c5C)CC4)cn3)nc2n(C2CCCC2)c1=O. The number of nitrogens with one attached hydrogen (secondary N) is 3. The first-order chi connectivity index (χ1) is 35.5. The van der Waals surface area contributed by atoms with Crippen molar-refractivity contribution in [3.63, 3.8) is 0 Å². The molecule has 1 aromatic carbocycles. The summed E-state index contributed by atoms with van der Waals surface area (Å²) in [6, 6.07) is 9.44. The molecule has 20 nitrogen and oxygen atoms in total. The van der Waals surface area contributed by atoms with Gasteiger partial charge < -0.3 is 48.9 Å². The Kier molecular flexibility index (Phi) is 21.0. The molecule has 0 radical (unpaired) electrons. The molecule has 1 aliphatic carbocycles. The fourth-order valence-electron chi connectivity index (χ4n) is 8.83. The largest absolute Gasteiger partial charge is 0.382 e. The Balaban J connectivity index is 0.657. The van der Waals surface area contributed by atoms with Gasteiger partial charge in [0.05, 0.1) is 109 Å². The number of rotatable bonds is 29. The molecule has 2 fully saturated rings. The summed E-state index contributed by atoms with van der Waals surface area (Å²) in [5.74, 6) is 0.504. The van der Waals surface area contributed by atoms with Crippen LogP contribution < -0.4 is 26.4 Å². The van der Waals surface area contributed by atoms with Crippen molar-refractivity contribution in [3.05, 3.63) is 85.9 Å². The van der Waals surface area contributed by atoms with E-state index in [2.05, 4.69) is 35.8 Å². The second kappa shape index (κ2) is 27.9. The van der Waals surface area contributed by atoms with Crippen molar-refractivity contribution in [2.75, 3.05) is 133 Å². The van der Waals surface area contributed by atoms with Crippen LogP contribution in [0.4, 0.5) is 28.3 Å². The van der Waals surface area contributed by atoms with Crippen LogP contribution in [-0.2, 0) is 33.2 Å². The smallest absolute Gasteiger partial charge is 0.263 e. The Morgan fingerprint density at radius 3 is 1.95 bits per heavy atom. The number of ketones is 1. The molecule has 0 bridgehead atoms. The van der Waals surface area contributed by atoms with Gasteiger partial charge in [0.2, 0.25) is 11.9 Å². The van der Waals surface area contributed by atoms with E-state index in [1.807, 2.05) is 56.0 Å². The zero-order valence-corrected chi connectivity index (χ0v) is 43.6. The van der Waals surface area contributed by atoms with Crippen LogP contribution in [0.15, 0.2) is 47.5 Å². The van der Waals surface area contributed by atoms with Gasteiger partial charge in [0.25, 0.3) is 11.5 Å². The van der Waals surface area contributed by atoms with Crippen molar-refractivity contribution in [1.82, 2.24) is 29.4 Å². The average Bonchev–Trinajstić information content (AvgIpc) is 4.03. The standard InChI is InChI=1S/C52H70N10O10S/c1-35-42(49(65)59-52-56-37(3)39(5)73-52)11-8-12-44(35)53-16-22-68-24-26-70-28-30-72-32-31-71-29-27-69-25-23-67-21-15-46(64)61-19-17-60(18-20-61)41-13-14-45(54-33-41)57-51-55-34-43-36(2)47(38(4)63)50(66)62(48(43)58-51)40-9-6-7-10-40/h8,11-14,33-34,40,53H,6-7,9-10,15-32H2,1-5H3,(H,56,59,65)(H,54,55,57,58). The van der Waals surface area contributed by atoms with E-state index in [-0.39, 0.29) is 34.8 Å². The van der Waals surface area contributed by atoms with Gasteiger partial charge in [-0.05, 0) is 82.9 Å².